The number of rotatable bonds is 6. The lowest BCUT2D eigenvalue weighted by Crippen LogP contribution is -2.40. The van der Waals surface area contributed by atoms with Gasteiger partial charge in [0.25, 0.3) is 5.91 Å². The van der Waals surface area contributed by atoms with Crippen LogP contribution in [0.2, 0.25) is 0 Å². The Hall–Kier alpha value is -2.77. The molecule has 3 aromatic rings. The van der Waals surface area contributed by atoms with Gasteiger partial charge in [-0.1, -0.05) is 12.1 Å². The summed E-state index contributed by atoms with van der Waals surface area (Å²) in [5.41, 5.74) is 2.57. The Morgan fingerprint density at radius 2 is 2.00 bits per heavy atom. The van der Waals surface area contributed by atoms with Crippen molar-refractivity contribution in [3.05, 3.63) is 65.6 Å². The summed E-state index contributed by atoms with van der Waals surface area (Å²) in [7, 11) is 0. The van der Waals surface area contributed by atoms with Crippen molar-refractivity contribution in [1.29, 1.82) is 0 Å². The minimum atomic E-state index is -0.243. The second kappa shape index (κ2) is 8.50. The predicted octanol–water partition coefficient (Wildman–Crippen LogP) is 2.90. The number of nitrogens with zero attached hydrogens (tertiary/aromatic N) is 2. The topological polar surface area (TPSA) is 70.2 Å². The Morgan fingerprint density at radius 1 is 1.21 bits per heavy atom. The summed E-state index contributed by atoms with van der Waals surface area (Å²) < 4.78 is 18.8. The zero-order valence-electron chi connectivity index (χ0n) is 15.5. The monoisotopic (exact) mass is 382 g/mol. The van der Waals surface area contributed by atoms with Crippen LogP contribution in [0.4, 0.5) is 4.39 Å². The first-order chi connectivity index (χ1) is 13.7. The van der Waals surface area contributed by atoms with Gasteiger partial charge >= 0.3 is 0 Å². The van der Waals surface area contributed by atoms with Gasteiger partial charge in [-0.05, 0) is 42.3 Å². The van der Waals surface area contributed by atoms with Gasteiger partial charge in [0.15, 0.2) is 0 Å². The zero-order chi connectivity index (χ0) is 19.3. The average molecular weight is 382 g/mol. The van der Waals surface area contributed by atoms with Crippen LogP contribution in [0.25, 0.3) is 10.9 Å². The summed E-state index contributed by atoms with van der Waals surface area (Å²) in [4.78, 5) is 14.9. The highest BCUT2D eigenvalue weighted by atomic mass is 19.1. The normalized spacial score (nSPS) is 16.2. The van der Waals surface area contributed by atoms with E-state index in [0.717, 1.165) is 36.0 Å². The fourth-order valence-electron chi connectivity index (χ4n) is 3.64. The van der Waals surface area contributed by atoms with E-state index in [1.54, 1.807) is 12.3 Å². The number of morpholine rings is 1. The van der Waals surface area contributed by atoms with Crippen molar-refractivity contribution in [1.82, 2.24) is 20.4 Å². The molecular formula is C21H23FN4O2. The van der Waals surface area contributed by atoms with Crippen molar-refractivity contribution in [2.45, 2.75) is 12.5 Å². The highest BCUT2D eigenvalue weighted by molar-refractivity contribution is 5.97. The maximum absolute atomic E-state index is 13.3. The number of aromatic amines is 1. The molecule has 1 saturated heterocycles. The summed E-state index contributed by atoms with van der Waals surface area (Å²) in [5.74, 6) is -0.352. The molecule has 146 valence electrons. The number of aromatic nitrogens is 2. The van der Waals surface area contributed by atoms with Crippen molar-refractivity contribution in [3.8, 4) is 0 Å². The molecule has 1 aliphatic heterocycles. The molecule has 2 heterocycles. The lowest BCUT2D eigenvalue weighted by atomic mass is 10.0. The second-order valence-corrected chi connectivity index (χ2v) is 6.93. The Kier molecular flexibility index (Phi) is 5.64. The first-order valence-corrected chi connectivity index (χ1v) is 9.49. The van der Waals surface area contributed by atoms with Crippen molar-refractivity contribution in [2.24, 2.45) is 0 Å². The van der Waals surface area contributed by atoms with Gasteiger partial charge < -0.3 is 10.1 Å². The zero-order valence-corrected chi connectivity index (χ0v) is 15.5. The van der Waals surface area contributed by atoms with Crippen molar-refractivity contribution in [2.75, 3.05) is 32.8 Å². The van der Waals surface area contributed by atoms with Crippen LogP contribution in [0.5, 0.6) is 0 Å². The second-order valence-electron chi connectivity index (χ2n) is 6.93. The van der Waals surface area contributed by atoms with E-state index in [2.05, 4.69) is 20.4 Å². The fraction of sp³-hybridized carbons (Fsp3) is 0.333. The predicted molar refractivity (Wildman–Crippen MR) is 105 cm³/mol. The lowest BCUT2D eigenvalue weighted by molar-refractivity contribution is 0.0143. The number of H-pyrrole nitrogens is 1. The Bertz CT molecular complexity index is 935. The quantitative estimate of drug-likeness (QED) is 0.688. The molecular weight excluding hydrogens is 359 g/mol. The molecule has 1 aliphatic rings. The third-order valence-electron chi connectivity index (χ3n) is 5.15. The summed E-state index contributed by atoms with van der Waals surface area (Å²) in [6.45, 7) is 3.56. The van der Waals surface area contributed by atoms with Gasteiger partial charge in [-0.15, -0.1) is 0 Å². The van der Waals surface area contributed by atoms with E-state index in [4.69, 9.17) is 4.74 Å². The number of nitrogens with one attached hydrogen (secondary N) is 2. The Labute approximate surface area is 162 Å². The summed E-state index contributed by atoms with van der Waals surface area (Å²) in [5, 5.41) is 10.8. The van der Waals surface area contributed by atoms with Crippen LogP contribution in [0.1, 0.15) is 28.4 Å². The standard InChI is InChI=1S/C21H23FN4O2/c22-18-4-1-15(2-5-18)20(26-9-11-28-12-10-26)7-8-23-21(27)16-3-6-19-17(13-16)14-24-25-19/h1-6,13-14,20H,7-12H2,(H,23,27)(H,24,25). The molecule has 4 rings (SSSR count). The van der Waals surface area contributed by atoms with Crippen LogP contribution in [-0.2, 0) is 4.74 Å². The van der Waals surface area contributed by atoms with Crippen LogP contribution in [-0.4, -0.2) is 53.9 Å². The van der Waals surface area contributed by atoms with E-state index < -0.39 is 0 Å². The molecule has 6 nitrogen and oxygen atoms in total. The van der Waals surface area contributed by atoms with Gasteiger partial charge in [0.05, 0.1) is 24.9 Å². The molecule has 0 spiro atoms. The molecule has 0 bridgehead atoms. The number of halogens is 1. The fourth-order valence-corrected chi connectivity index (χ4v) is 3.64. The van der Waals surface area contributed by atoms with Crippen LogP contribution >= 0.6 is 0 Å². The number of benzene rings is 2. The smallest absolute Gasteiger partial charge is 0.251 e. The van der Waals surface area contributed by atoms with Crippen LogP contribution in [0, 0.1) is 5.82 Å². The van der Waals surface area contributed by atoms with Gasteiger partial charge in [-0.3, -0.25) is 14.8 Å². The molecule has 0 saturated carbocycles. The highest BCUT2D eigenvalue weighted by Crippen LogP contribution is 2.25. The summed E-state index contributed by atoms with van der Waals surface area (Å²) in [6, 6.07) is 12.2. The molecule has 1 unspecified atom stereocenters. The average Bonchev–Trinajstić information content (AvgIpc) is 3.20. The van der Waals surface area contributed by atoms with E-state index in [1.807, 2.05) is 24.3 Å². The van der Waals surface area contributed by atoms with Gasteiger partial charge in [0.1, 0.15) is 5.82 Å². The van der Waals surface area contributed by atoms with Gasteiger partial charge in [-0.2, -0.15) is 5.10 Å². The minimum absolute atomic E-state index is 0.108. The number of hydrogen-bond donors (Lipinski definition) is 2. The summed E-state index contributed by atoms with van der Waals surface area (Å²) >= 11 is 0. The minimum Gasteiger partial charge on any atom is -0.379 e. The molecule has 2 N–H and O–H groups in total. The first-order valence-electron chi connectivity index (χ1n) is 9.49. The van der Waals surface area contributed by atoms with E-state index in [0.29, 0.717) is 25.3 Å². The maximum atomic E-state index is 13.3. The third kappa shape index (κ3) is 4.21. The van der Waals surface area contributed by atoms with Gasteiger partial charge in [0, 0.05) is 36.6 Å². The van der Waals surface area contributed by atoms with Crippen molar-refractivity contribution < 1.29 is 13.9 Å². The molecule has 0 aliphatic carbocycles. The van der Waals surface area contributed by atoms with E-state index >= 15 is 0 Å². The Morgan fingerprint density at radius 3 is 2.79 bits per heavy atom. The molecule has 1 fully saturated rings. The molecule has 7 heteroatoms. The van der Waals surface area contributed by atoms with E-state index in [1.165, 1.54) is 12.1 Å². The molecule has 1 aromatic heterocycles. The molecule has 28 heavy (non-hydrogen) atoms. The SMILES string of the molecule is O=C(NCCC(c1ccc(F)cc1)N1CCOCC1)c1ccc2[nH]ncc2c1. The number of fused-ring (bicyclic) bond motifs is 1. The number of amides is 1. The van der Waals surface area contributed by atoms with Crippen LogP contribution in [0.3, 0.4) is 0 Å². The van der Waals surface area contributed by atoms with E-state index in [-0.39, 0.29) is 17.8 Å². The van der Waals surface area contributed by atoms with Crippen LogP contribution in [0.15, 0.2) is 48.7 Å². The number of hydrogen-bond acceptors (Lipinski definition) is 4. The largest absolute Gasteiger partial charge is 0.379 e. The number of ether oxygens (including phenoxy) is 1. The lowest BCUT2D eigenvalue weighted by Gasteiger charge is -2.35. The number of carbonyl (C=O) groups excluding carboxylic acids is 1. The van der Waals surface area contributed by atoms with Gasteiger partial charge in [0.2, 0.25) is 0 Å². The maximum Gasteiger partial charge on any atom is 0.251 e. The Balaban J connectivity index is 1.41. The van der Waals surface area contributed by atoms with Crippen molar-refractivity contribution in [3.63, 3.8) is 0 Å². The molecule has 1 atom stereocenters. The molecule has 0 radical (unpaired) electrons. The molecule has 2 aromatic carbocycles. The van der Waals surface area contributed by atoms with Crippen molar-refractivity contribution >= 4 is 16.8 Å². The van der Waals surface area contributed by atoms with Gasteiger partial charge in [-0.25, -0.2) is 4.39 Å². The third-order valence-corrected chi connectivity index (χ3v) is 5.15. The van der Waals surface area contributed by atoms with Crippen LogP contribution < -0.4 is 5.32 Å². The molecule has 1 amide bonds. The van der Waals surface area contributed by atoms with E-state index in [9.17, 15) is 9.18 Å². The highest BCUT2D eigenvalue weighted by Gasteiger charge is 2.22. The summed E-state index contributed by atoms with van der Waals surface area (Å²) in [6.07, 6.45) is 2.44. The first kappa shape index (κ1) is 18.6. The number of carbonyl (C=O) groups is 1.